The first-order valence-electron chi connectivity index (χ1n) is 5.07. The van der Waals surface area contributed by atoms with Crippen LogP contribution in [0.5, 0.6) is 0 Å². The van der Waals surface area contributed by atoms with Crippen molar-refractivity contribution in [3.8, 4) is 11.4 Å². The molecule has 0 unspecified atom stereocenters. The van der Waals surface area contributed by atoms with Gasteiger partial charge in [-0.1, -0.05) is 0 Å². The smallest absolute Gasteiger partial charge is 0.160 e. The van der Waals surface area contributed by atoms with E-state index in [9.17, 15) is 0 Å². The summed E-state index contributed by atoms with van der Waals surface area (Å²) >= 11 is 0. The number of aliphatic hydroxyl groups is 1. The average Bonchev–Trinajstić information content (AvgIpc) is 2.28. The third-order valence-electron chi connectivity index (χ3n) is 2.33. The average molecular weight is 215 g/mol. The molecule has 1 N–H and O–H groups in total. The first-order chi connectivity index (χ1) is 7.70. The van der Waals surface area contributed by atoms with E-state index in [2.05, 4.69) is 15.0 Å². The molecule has 2 aromatic heterocycles. The highest BCUT2D eigenvalue weighted by Gasteiger charge is 2.06. The molecule has 0 amide bonds. The number of pyridine rings is 1. The van der Waals surface area contributed by atoms with Crippen molar-refractivity contribution < 1.29 is 5.11 Å². The number of rotatable bonds is 2. The maximum atomic E-state index is 9.10. The Morgan fingerprint density at radius 2 is 2.06 bits per heavy atom. The fourth-order valence-corrected chi connectivity index (χ4v) is 1.56. The highest BCUT2D eigenvalue weighted by Crippen LogP contribution is 2.18. The van der Waals surface area contributed by atoms with Crippen LogP contribution in [0.1, 0.15) is 17.0 Å². The van der Waals surface area contributed by atoms with Crippen molar-refractivity contribution in [2.24, 2.45) is 0 Å². The quantitative estimate of drug-likeness (QED) is 0.827. The summed E-state index contributed by atoms with van der Waals surface area (Å²) in [6.07, 6.45) is 3.49. The van der Waals surface area contributed by atoms with Gasteiger partial charge in [-0.05, 0) is 31.5 Å². The summed E-state index contributed by atoms with van der Waals surface area (Å²) < 4.78 is 0. The van der Waals surface area contributed by atoms with Gasteiger partial charge >= 0.3 is 0 Å². The van der Waals surface area contributed by atoms with Gasteiger partial charge in [0.15, 0.2) is 5.82 Å². The van der Waals surface area contributed by atoms with Gasteiger partial charge in [-0.2, -0.15) is 0 Å². The van der Waals surface area contributed by atoms with Crippen molar-refractivity contribution in [3.63, 3.8) is 0 Å². The predicted molar refractivity (Wildman–Crippen MR) is 60.7 cm³/mol. The minimum Gasteiger partial charge on any atom is -0.390 e. The summed E-state index contributed by atoms with van der Waals surface area (Å²) in [6, 6.07) is 3.66. The van der Waals surface area contributed by atoms with E-state index in [4.69, 9.17) is 5.11 Å². The highest BCUT2D eigenvalue weighted by molar-refractivity contribution is 5.58. The van der Waals surface area contributed by atoms with E-state index in [1.165, 1.54) is 0 Å². The molecule has 2 rings (SSSR count). The van der Waals surface area contributed by atoms with E-state index >= 15 is 0 Å². The highest BCUT2D eigenvalue weighted by atomic mass is 16.3. The van der Waals surface area contributed by atoms with Gasteiger partial charge in [-0.25, -0.2) is 9.97 Å². The number of hydrogen-bond donors (Lipinski definition) is 1. The fourth-order valence-electron chi connectivity index (χ4n) is 1.56. The molecule has 0 aliphatic heterocycles. The molecule has 4 nitrogen and oxygen atoms in total. The van der Waals surface area contributed by atoms with Gasteiger partial charge < -0.3 is 5.11 Å². The van der Waals surface area contributed by atoms with Crippen LogP contribution >= 0.6 is 0 Å². The Hall–Kier alpha value is -1.81. The summed E-state index contributed by atoms with van der Waals surface area (Å²) in [6.45, 7) is 3.79. The molecule has 82 valence electrons. The minimum atomic E-state index is -0.0690. The minimum absolute atomic E-state index is 0.0690. The summed E-state index contributed by atoms with van der Waals surface area (Å²) in [7, 11) is 0. The Morgan fingerprint density at radius 1 is 1.25 bits per heavy atom. The van der Waals surface area contributed by atoms with Gasteiger partial charge in [0.1, 0.15) is 0 Å². The van der Waals surface area contributed by atoms with Crippen LogP contribution in [0.2, 0.25) is 0 Å². The summed E-state index contributed by atoms with van der Waals surface area (Å²) in [5, 5.41) is 9.10. The molecule has 4 heteroatoms. The summed E-state index contributed by atoms with van der Waals surface area (Å²) in [4.78, 5) is 12.7. The van der Waals surface area contributed by atoms with Crippen molar-refractivity contribution in [2.45, 2.75) is 20.5 Å². The third kappa shape index (κ3) is 2.06. The predicted octanol–water partition coefficient (Wildman–Crippen LogP) is 1.65. The molecule has 0 atom stereocenters. The van der Waals surface area contributed by atoms with Gasteiger partial charge in [-0.3, -0.25) is 4.98 Å². The summed E-state index contributed by atoms with van der Waals surface area (Å²) in [5.74, 6) is 0.643. The second-order valence-electron chi connectivity index (χ2n) is 3.67. The Morgan fingerprint density at radius 3 is 2.75 bits per heavy atom. The van der Waals surface area contributed by atoms with E-state index in [-0.39, 0.29) is 6.61 Å². The van der Waals surface area contributed by atoms with Crippen molar-refractivity contribution in [3.05, 3.63) is 41.5 Å². The molecule has 2 aromatic rings. The SMILES string of the molecule is Cc1cc(CO)nc(-c2ccncc2C)n1. The van der Waals surface area contributed by atoms with Crippen LogP contribution < -0.4 is 0 Å². The standard InChI is InChI=1S/C12H13N3O/c1-8-6-13-4-3-11(8)12-14-9(2)5-10(7-16)15-12/h3-6,16H,7H2,1-2H3. The van der Waals surface area contributed by atoms with E-state index in [1.54, 1.807) is 18.5 Å². The second-order valence-corrected chi connectivity index (χ2v) is 3.67. The zero-order valence-corrected chi connectivity index (χ0v) is 9.31. The van der Waals surface area contributed by atoms with Crippen molar-refractivity contribution in [1.82, 2.24) is 15.0 Å². The second kappa shape index (κ2) is 4.37. The molecule has 0 bridgehead atoms. The first kappa shape index (κ1) is 10.7. The number of aliphatic hydroxyl groups excluding tert-OH is 1. The Balaban J connectivity index is 2.56. The van der Waals surface area contributed by atoms with Gasteiger partial charge in [0.25, 0.3) is 0 Å². The number of aromatic nitrogens is 3. The molecule has 0 saturated heterocycles. The number of hydrogen-bond acceptors (Lipinski definition) is 4. The fraction of sp³-hybridized carbons (Fsp3) is 0.250. The van der Waals surface area contributed by atoms with E-state index in [0.29, 0.717) is 11.5 Å². The molecule has 0 aliphatic rings. The Labute approximate surface area is 94.0 Å². The number of nitrogens with zero attached hydrogens (tertiary/aromatic N) is 3. The first-order valence-corrected chi connectivity index (χ1v) is 5.07. The Kier molecular flexibility index (Phi) is 2.92. The van der Waals surface area contributed by atoms with Gasteiger partial charge in [0, 0.05) is 23.7 Å². The van der Waals surface area contributed by atoms with Crippen LogP contribution in [-0.4, -0.2) is 20.1 Å². The maximum absolute atomic E-state index is 9.10. The van der Waals surface area contributed by atoms with Crippen molar-refractivity contribution in [1.29, 1.82) is 0 Å². The van der Waals surface area contributed by atoms with Crippen LogP contribution in [0.25, 0.3) is 11.4 Å². The molecule has 0 radical (unpaired) electrons. The number of aryl methyl sites for hydroxylation is 2. The lowest BCUT2D eigenvalue weighted by Crippen LogP contribution is -1.99. The lowest BCUT2D eigenvalue weighted by atomic mass is 10.1. The van der Waals surface area contributed by atoms with Crippen molar-refractivity contribution >= 4 is 0 Å². The van der Waals surface area contributed by atoms with E-state index < -0.39 is 0 Å². The van der Waals surface area contributed by atoms with Crippen molar-refractivity contribution in [2.75, 3.05) is 0 Å². The topological polar surface area (TPSA) is 58.9 Å². The summed E-state index contributed by atoms with van der Waals surface area (Å²) in [5.41, 5.74) is 3.47. The van der Waals surface area contributed by atoms with Gasteiger partial charge in [-0.15, -0.1) is 0 Å². The molecule has 0 spiro atoms. The normalized spacial score (nSPS) is 10.4. The molecule has 0 aliphatic carbocycles. The molecule has 0 saturated carbocycles. The molecular formula is C12H13N3O. The van der Waals surface area contributed by atoms with E-state index in [1.807, 2.05) is 19.9 Å². The third-order valence-corrected chi connectivity index (χ3v) is 2.33. The lowest BCUT2D eigenvalue weighted by molar-refractivity contribution is 0.276. The zero-order valence-electron chi connectivity index (χ0n) is 9.31. The molecular weight excluding hydrogens is 202 g/mol. The van der Waals surface area contributed by atoms with Crippen LogP contribution in [0, 0.1) is 13.8 Å². The van der Waals surface area contributed by atoms with Crippen LogP contribution in [0.4, 0.5) is 0 Å². The largest absolute Gasteiger partial charge is 0.390 e. The van der Waals surface area contributed by atoms with E-state index in [0.717, 1.165) is 16.8 Å². The van der Waals surface area contributed by atoms with Crippen LogP contribution in [0.3, 0.4) is 0 Å². The molecule has 0 fully saturated rings. The lowest BCUT2D eigenvalue weighted by Gasteiger charge is -2.06. The van der Waals surface area contributed by atoms with Gasteiger partial charge in [0.2, 0.25) is 0 Å². The zero-order chi connectivity index (χ0) is 11.5. The molecule has 2 heterocycles. The maximum Gasteiger partial charge on any atom is 0.160 e. The molecule has 0 aromatic carbocycles. The Bertz CT molecular complexity index is 511. The van der Waals surface area contributed by atoms with Crippen LogP contribution in [0.15, 0.2) is 24.5 Å². The van der Waals surface area contributed by atoms with Gasteiger partial charge in [0.05, 0.1) is 12.3 Å². The van der Waals surface area contributed by atoms with Crippen LogP contribution in [-0.2, 0) is 6.61 Å². The monoisotopic (exact) mass is 215 g/mol. The molecule has 16 heavy (non-hydrogen) atoms.